The van der Waals surface area contributed by atoms with Gasteiger partial charge in [0, 0.05) is 17.2 Å². The number of hydrogen-bond acceptors (Lipinski definition) is 3. The molecule has 0 radical (unpaired) electrons. The number of halogens is 4. The third-order valence-electron chi connectivity index (χ3n) is 2.81. The van der Waals surface area contributed by atoms with E-state index in [0.717, 1.165) is 18.3 Å². The van der Waals surface area contributed by atoms with Crippen LogP contribution in [0.4, 0.5) is 17.6 Å². The van der Waals surface area contributed by atoms with Crippen molar-refractivity contribution in [2.75, 3.05) is 7.11 Å². The smallest absolute Gasteiger partial charge is 0.417 e. The first-order valence-electron chi connectivity index (χ1n) is 5.73. The zero-order valence-corrected chi connectivity index (χ0v) is 10.7. The molecule has 0 bridgehead atoms. The molecule has 1 heterocycles. The van der Waals surface area contributed by atoms with Gasteiger partial charge in [-0.1, -0.05) is 12.1 Å². The lowest BCUT2D eigenvalue weighted by Crippen LogP contribution is -2.08. The van der Waals surface area contributed by atoms with Gasteiger partial charge in [0.15, 0.2) is 0 Å². The quantitative estimate of drug-likeness (QED) is 0.640. The lowest BCUT2D eigenvalue weighted by molar-refractivity contribution is -0.137. The van der Waals surface area contributed by atoms with E-state index in [1.165, 1.54) is 13.2 Å². The van der Waals surface area contributed by atoms with Gasteiger partial charge in [-0.25, -0.2) is 9.37 Å². The fourth-order valence-electron chi connectivity index (χ4n) is 1.84. The minimum absolute atomic E-state index is 0.0148. The molecule has 0 saturated carbocycles. The highest BCUT2D eigenvalue weighted by Crippen LogP contribution is 2.38. The first kappa shape index (κ1) is 15.0. The predicted octanol–water partition coefficient (Wildman–Crippen LogP) is 3.73. The summed E-state index contributed by atoms with van der Waals surface area (Å²) < 4.78 is 57.8. The summed E-state index contributed by atoms with van der Waals surface area (Å²) in [4.78, 5) is 14.2. The van der Waals surface area contributed by atoms with Crippen LogP contribution in [0.15, 0.2) is 30.5 Å². The van der Waals surface area contributed by atoms with Crippen LogP contribution in [-0.2, 0) is 6.18 Å². The maximum atomic E-state index is 13.8. The van der Waals surface area contributed by atoms with Gasteiger partial charge in [0.25, 0.3) is 0 Å². The normalized spacial score (nSPS) is 11.3. The summed E-state index contributed by atoms with van der Waals surface area (Å²) in [5.41, 5.74) is -1.93. The Labute approximate surface area is 117 Å². The van der Waals surface area contributed by atoms with Crippen LogP contribution in [0.2, 0.25) is 0 Å². The van der Waals surface area contributed by atoms with E-state index in [0.29, 0.717) is 12.4 Å². The summed E-state index contributed by atoms with van der Waals surface area (Å²) in [5.74, 6) is -0.931. The number of carbonyl (C=O) groups is 1. The number of aldehydes is 1. The van der Waals surface area contributed by atoms with Crippen LogP contribution in [0, 0.1) is 5.82 Å². The Bertz CT molecular complexity index is 683. The van der Waals surface area contributed by atoms with Crippen LogP contribution in [-0.4, -0.2) is 18.4 Å². The summed E-state index contributed by atoms with van der Waals surface area (Å²) >= 11 is 0. The summed E-state index contributed by atoms with van der Waals surface area (Å²) in [5, 5.41) is 0. The van der Waals surface area contributed by atoms with Crippen LogP contribution < -0.4 is 4.74 Å². The number of ether oxygens (including phenoxy) is 1. The average Bonchev–Trinajstić information content (AvgIpc) is 2.46. The number of pyridine rings is 1. The van der Waals surface area contributed by atoms with E-state index in [1.807, 2.05) is 0 Å². The van der Waals surface area contributed by atoms with Gasteiger partial charge in [0.1, 0.15) is 12.1 Å². The highest BCUT2D eigenvalue weighted by molar-refractivity contribution is 5.79. The molecule has 3 nitrogen and oxygen atoms in total. The highest BCUT2D eigenvalue weighted by atomic mass is 19.4. The molecular weight excluding hydrogens is 290 g/mol. The molecule has 110 valence electrons. The molecule has 0 N–H and O–H groups in total. The number of rotatable bonds is 3. The lowest BCUT2D eigenvalue weighted by atomic mass is 9.97. The van der Waals surface area contributed by atoms with Crippen LogP contribution >= 0.6 is 0 Å². The topological polar surface area (TPSA) is 39.2 Å². The molecule has 7 heteroatoms. The number of methoxy groups -OCH3 is 1. The number of alkyl halides is 3. The van der Waals surface area contributed by atoms with E-state index in [4.69, 9.17) is 4.74 Å². The van der Waals surface area contributed by atoms with Crippen LogP contribution in [0.25, 0.3) is 11.1 Å². The largest absolute Gasteiger partial charge is 0.481 e. The van der Waals surface area contributed by atoms with E-state index < -0.39 is 17.6 Å². The SMILES string of the molecule is COc1cc(-c2ccc(C=O)cc2C(F)(F)F)c(F)cn1. The number of hydrogen-bond donors (Lipinski definition) is 0. The van der Waals surface area contributed by atoms with Gasteiger partial charge < -0.3 is 4.74 Å². The van der Waals surface area contributed by atoms with E-state index in [2.05, 4.69) is 4.98 Å². The molecule has 1 aromatic heterocycles. The monoisotopic (exact) mass is 299 g/mol. The first-order chi connectivity index (χ1) is 9.86. The van der Waals surface area contributed by atoms with E-state index in [9.17, 15) is 22.4 Å². The van der Waals surface area contributed by atoms with Crippen LogP contribution in [0.5, 0.6) is 5.88 Å². The van der Waals surface area contributed by atoms with Gasteiger partial charge in [-0.05, 0) is 11.6 Å². The van der Waals surface area contributed by atoms with Gasteiger partial charge in [-0.3, -0.25) is 4.79 Å². The summed E-state index contributed by atoms with van der Waals surface area (Å²) in [6, 6.07) is 3.98. The third kappa shape index (κ3) is 3.01. The molecular formula is C14H9F4NO2. The number of carbonyl (C=O) groups excluding carboxylic acids is 1. The Morgan fingerprint density at radius 2 is 1.90 bits per heavy atom. The summed E-state index contributed by atoms with van der Waals surface area (Å²) in [7, 11) is 1.27. The zero-order valence-electron chi connectivity index (χ0n) is 10.7. The van der Waals surface area contributed by atoms with Crippen molar-refractivity contribution in [2.45, 2.75) is 6.18 Å². The van der Waals surface area contributed by atoms with E-state index >= 15 is 0 Å². The molecule has 0 aliphatic rings. The summed E-state index contributed by atoms with van der Waals surface area (Å²) in [6.07, 6.45) is -3.65. The molecule has 0 aliphatic heterocycles. The Kier molecular flexibility index (Phi) is 3.93. The molecule has 1 aromatic carbocycles. The van der Waals surface area contributed by atoms with Crippen LogP contribution in [0.1, 0.15) is 15.9 Å². The standard InChI is InChI=1S/C14H9F4NO2/c1-21-13-5-10(12(15)6-19-13)9-3-2-8(7-20)4-11(9)14(16,17)18/h2-7H,1H3. The fourth-order valence-corrected chi connectivity index (χ4v) is 1.84. The second kappa shape index (κ2) is 5.51. The molecule has 0 unspecified atom stereocenters. The van der Waals surface area contributed by atoms with Crippen molar-refractivity contribution in [3.05, 3.63) is 47.4 Å². The molecule has 0 aliphatic carbocycles. The van der Waals surface area contributed by atoms with Crippen molar-refractivity contribution in [2.24, 2.45) is 0 Å². The van der Waals surface area contributed by atoms with Gasteiger partial charge in [0.2, 0.25) is 5.88 Å². The lowest BCUT2D eigenvalue weighted by Gasteiger charge is -2.14. The predicted molar refractivity (Wildman–Crippen MR) is 66.6 cm³/mol. The molecule has 0 spiro atoms. The Morgan fingerprint density at radius 1 is 1.19 bits per heavy atom. The molecule has 21 heavy (non-hydrogen) atoms. The second-order valence-corrected chi connectivity index (χ2v) is 4.13. The fraction of sp³-hybridized carbons (Fsp3) is 0.143. The Morgan fingerprint density at radius 3 is 2.48 bits per heavy atom. The molecule has 0 amide bonds. The molecule has 2 aromatic rings. The number of benzene rings is 1. The summed E-state index contributed by atoms with van der Waals surface area (Å²) in [6.45, 7) is 0. The van der Waals surface area contributed by atoms with Crippen molar-refractivity contribution in [1.82, 2.24) is 4.98 Å². The van der Waals surface area contributed by atoms with Gasteiger partial charge in [0.05, 0.1) is 18.9 Å². The maximum absolute atomic E-state index is 13.8. The first-order valence-corrected chi connectivity index (χ1v) is 5.73. The van der Waals surface area contributed by atoms with Gasteiger partial charge in [-0.2, -0.15) is 13.2 Å². The van der Waals surface area contributed by atoms with E-state index in [-0.39, 0.29) is 22.6 Å². The van der Waals surface area contributed by atoms with Crippen molar-refractivity contribution in [1.29, 1.82) is 0 Å². The minimum Gasteiger partial charge on any atom is -0.481 e. The van der Waals surface area contributed by atoms with Gasteiger partial charge in [-0.15, -0.1) is 0 Å². The third-order valence-corrected chi connectivity index (χ3v) is 2.81. The molecule has 2 rings (SSSR count). The molecule has 0 atom stereocenters. The molecule has 0 fully saturated rings. The zero-order chi connectivity index (χ0) is 15.6. The number of aromatic nitrogens is 1. The minimum atomic E-state index is -4.72. The van der Waals surface area contributed by atoms with Crippen molar-refractivity contribution in [3.63, 3.8) is 0 Å². The second-order valence-electron chi connectivity index (χ2n) is 4.13. The highest BCUT2D eigenvalue weighted by Gasteiger charge is 2.34. The Balaban J connectivity index is 2.71. The Hall–Kier alpha value is -2.44. The van der Waals surface area contributed by atoms with E-state index in [1.54, 1.807) is 0 Å². The van der Waals surface area contributed by atoms with Gasteiger partial charge >= 0.3 is 6.18 Å². The number of nitrogens with zero attached hydrogens (tertiary/aromatic N) is 1. The van der Waals surface area contributed by atoms with Crippen molar-refractivity contribution >= 4 is 6.29 Å². The maximum Gasteiger partial charge on any atom is 0.417 e. The molecule has 0 saturated heterocycles. The van der Waals surface area contributed by atoms with Crippen molar-refractivity contribution in [3.8, 4) is 17.0 Å². The average molecular weight is 299 g/mol. The van der Waals surface area contributed by atoms with Crippen LogP contribution in [0.3, 0.4) is 0 Å². The van der Waals surface area contributed by atoms with Crippen molar-refractivity contribution < 1.29 is 27.1 Å².